The lowest BCUT2D eigenvalue weighted by Crippen LogP contribution is -1.99. The van der Waals surface area contributed by atoms with Crippen LogP contribution in [0.3, 0.4) is 0 Å². The molecule has 0 unspecified atom stereocenters. The molecule has 0 aliphatic rings. The van der Waals surface area contributed by atoms with Crippen LogP contribution in [0.25, 0.3) is 11.5 Å². The molecule has 4 nitrogen and oxygen atoms in total. The fraction of sp³-hybridized carbons (Fsp3) is 0.211. The molecule has 0 spiro atoms. The van der Waals surface area contributed by atoms with Gasteiger partial charge in [0.15, 0.2) is 5.78 Å². The number of hydrogen-bond donors (Lipinski definition) is 0. The molecule has 1 heterocycles. The summed E-state index contributed by atoms with van der Waals surface area (Å²) in [6.45, 7) is 2.01. The molecule has 0 saturated carbocycles. The minimum absolute atomic E-state index is 0.152. The Balaban J connectivity index is 1.49. The standard InChI is InChI=1S/C19H17BrN2O2S/c1-13-5-2-3-6-16(13)18-21-22-19(24-18)25-12-4-7-17(23)14-8-10-15(20)11-9-14/h2-3,5-6,8-11H,4,7,12H2,1H3. The van der Waals surface area contributed by atoms with E-state index in [0.29, 0.717) is 17.5 Å². The molecule has 3 rings (SSSR count). The summed E-state index contributed by atoms with van der Waals surface area (Å²) in [6.07, 6.45) is 1.27. The van der Waals surface area contributed by atoms with E-state index in [0.717, 1.165) is 33.3 Å². The lowest BCUT2D eigenvalue weighted by molar-refractivity contribution is 0.0982. The van der Waals surface area contributed by atoms with Crippen molar-refractivity contribution in [1.29, 1.82) is 0 Å². The molecule has 0 aliphatic carbocycles. The number of carbonyl (C=O) groups excluding carboxylic acids is 1. The van der Waals surface area contributed by atoms with Crippen LogP contribution in [-0.2, 0) is 0 Å². The van der Waals surface area contributed by atoms with Crippen molar-refractivity contribution in [2.75, 3.05) is 5.75 Å². The Labute approximate surface area is 159 Å². The molecule has 0 aliphatic heterocycles. The summed E-state index contributed by atoms with van der Waals surface area (Å²) < 4.78 is 6.68. The van der Waals surface area contributed by atoms with Crippen molar-refractivity contribution in [2.45, 2.75) is 25.0 Å². The fourth-order valence-corrected chi connectivity index (χ4v) is 3.33. The van der Waals surface area contributed by atoms with Gasteiger partial charge in [0.25, 0.3) is 5.22 Å². The van der Waals surface area contributed by atoms with Crippen LogP contribution < -0.4 is 0 Å². The predicted octanol–water partition coefficient (Wildman–Crippen LogP) is 5.56. The largest absolute Gasteiger partial charge is 0.411 e. The van der Waals surface area contributed by atoms with Crippen molar-refractivity contribution in [3.05, 3.63) is 64.1 Å². The van der Waals surface area contributed by atoms with E-state index in [1.54, 1.807) is 0 Å². The molecular formula is C19H17BrN2O2S. The molecule has 0 atom stereocenters. The van der Waals surface area contributed by atoms with E-state index in [2.05, 4.69) is 26.1 Å². The molecule has 25 heavy (non-hydrogen) atoms. The maximum absolute atomic E-state index is 12.1. The molecule has 2 aromatic carbocycles. The Hall–Kier alpha value is -1.92. The molecule has 0 bridgehead atoms. The van der Waals surface area contributed by atoms with Crippen molar-refractivity contribution in [3.8, 4) is 11.5 Å². The van der Waals surface area contributed by atoms with Crippen LogP contribution in [-0.4, -0.2) is 21.7 Å². The van der Waals surface area contributed by atoms with Gasteiger partial charge in [-0.05, 0) is 37.1 Å². The number of rotatable bonds is 7. The van der Waals surface area contributed by atoms with Crippen LogP contribution in [0.4, 0.5) is 0 Å². The summed E-state index contributed by atoms with van der Waals surface area (Å²) in [7, 11) is 0. The monoisotopic (exact) mass is 416 g/mol. The molecule has 3 aromatic rings. The van der Waals surface area contributed by atoms with E-state index in [1.165, 1.54) is 11.8 Å². The third-order valence-corrected chi connectivity index (χ3v) is 5.16. The van der Waals surface area contributed by atoms with E-state index >= 15 is 0 Å². The number of carbonyl (C=O) groups is 1. The van der Waals surface area contributed by atoms with E-state index in [1.807, 2.05) is 55.5 Å². The molecule has 0 radical (unpaired) electrons. The molecule has 0 saturated heterocycles. The fourth-order valence-electron chi connectivity index (χ4n) is 2.36. The lowest BCUT2D eigenvalue weighted by Gasteiger charge is -2.01. The second-order valence-corrected chi connectivity index (χ2v) is 7.53. The van der Waals surface area contributed by atoms with Crippen LogP contribution in [0, 0.1) is 6.92 Å². The molecule has 1 aromatic heterocycles. The van der Waals surface area contributed by atoms with Crippen molar-refractivity contribution in [1.82, 2.24) is 10.2 Å². The minimum Gasteiger partial charge on any atom is -0.411 e. The lowest BCUT2D eigenvalue weighted by atomic mass is 10.1. The Morgan fingerprint density at radius 1 is 1.12 bits per heavy atom. The van der Waals surface area contributed by atoms with Crippen LogP contribution in [0.5, 0.6) is 0 Å². The van der Waals surface area contributed by atoms with Gasteiger partial charge in [0, 0.05) is 27.8 Å². The molecular weight excluding hydrogens is 400 g/mol. The number of aromatic nitrogens is 2. The topological polar surface area (TPSA) is 56.0 Å². The first-order valence-electron chi connectivity index (χ1n) is 7.94. The summed E-state index contributed by atoms with van der Waals surface area (Å²) in [4.78, 5) is 12.1. The zero-order valence-electron chi connectivity index (χ0n) is 13.7. The number of benzene rings is 2. The Morgan fingerprint density at radius 2 is 1.88 bits per heavy atom. The van der Waals surface area contributed by atoms with Gasteiger partial charge in [-0.15, -0.1) is 10.2 Å². The highest BCUT2D eigenvalue weighted by Crippen LogP contribution is 2.26. The second kappa shape index (κ2) is 8.45. The van der Waals surface area contributed by atoms with Crippen molar-refractivity contribution in [3.63, 3.8) is 0 Å². The molecule has 0 N–H and O–H groups in total. The summed E-state index contributed by atoms with van der Waals surface area (Å²) in [5, 5.41) is 8.72. The first-order valence-corrected chi connectivity index (χ1v) is 9.72. The Morgan fingerprint density at radius 3 is 2.64 bits per heavy atom. The zero-order valence-corrected chi connectivity index (χ0v) is 16.1. The van der Waals surface area contributed by atoms with Gasteiger partial charge in [0.1, 0.15) is 0 Å². The van der Waals surface area contributed by atoms with Crippen LogP contribution in [0.2, 0.25) is 0 Å². The summed E-state index contributed by atoms with van der Waals surface area (Å²) in [5.74, 6) is 1.45. The van der Waals surface area contributed by atoms with Crippen LogP contribution in [0.15, 0.2) is 62.6 Å². The molecule has 0 amide bonds. The van der Waals surface area contributed by atoms with Gasteiger partial charge in [-0.1, -0.05) is 58.0 Å². The van der Waals surface area contributed by atoms with E-state index < -0.39 is 0 Å². The van der Waals surface area contributed by atoms with Gasteiger partial charge in [-0.25, -0.2) is 0 Å². The van der Waals surface area contributed by atoms with Crippen molar-refractivity contribution in [2.24, 2.45) is 0 Å². The second-order valence-electron chi connectivity index (χ2n) is 5.57. The number of Topliss-reactive ketones (excluding diaryl/α,β-unsaturated/α-hetero) is 1. The van der Waals surface area contributed by atoms with E-state index in [4.69, 9.17) is 4.42 Å². The number of hydrogen-bond acceptors (Lipinski definition) is 5. The smallest absolute Gasteiger partial charge is 0.276 e. The summed E-state index contributed by atoms with van der Waals surface area (Å²) in [6, 6.07) is 15.4. The predicted molar refractivity (Wildman–Crippen MR) is 103 cm³/mol. The maximum Gasteiger partial charge on any atom is 0.276 e. The van der Waals surface area contributed by atoms with E-state index in [9.17, 15) is 4.79 Å². The van der Waals surface area contributed by atoms with Gasteiger partial charge in [0.05, 0.1) is 0 Å². The zero-order chi connectivity index (χ0) is 17.6. The average molecular weight is 417 g/mol. The van der Waals surface area contributed by atoms with Gasteiger partial charge in [-0.2, -0.15) is 0 Å². The number of ketones is 1. The van der Waals surface area contributed by atoms with Crippen LogP contribution in [0.1, 0.15) is 28.8 Å². The SMILES string of the molecule is Cc1ccccc1-c1nnc(SCCCC(=O)c2ccc(Br)cc2)o1. The highest BCUT2D eigenvalue weighted by molar-refractivity contribution is 9.10. The number of aryl methyl sites for hydroxylation is 1. The van der Waals surface area contributed by atoms with Gasteiger partial charge < -0.3 is 4.42 Å². The average Bonchev–Trinajstić information content (AvgIpc) is 3.08. The number of halogens is 1. The first kappa shape index (κ1) is 17.9. The Bertz CT molecular complexity index is 862. The maximum atomic E-state index is 12.1. The minimum atomic E-state index is 0.152. The Kier molecular flexibility index (Phi) is 6.04. The molecule has 6 heteroatoms. The van der Waals surface area contributed by atoms with Crippen molar-refractivity contribution < 1.29 is 9.21 Å². The number of nitrogens with zero attached hydrogens (tertiary/aromatic N) is 2. The third kappa shape index (κ3) is 4.80. The van der Waals surface area contributed by atoms with Gasteiger partial charge in [0.2, 0.25) is 5.89 Å². The first-order chi connectivity index (χ1) is 12.1. The summed E-state index contributed by atoms with van der Waals surface area (Å²) >= 11 is 4.85. The normalized spacial score (nSPS) is 10.8. The highest BCUT2D eigenvalue weighted by atomic mass is 79.9. The highest BCUT2D eigenvalue weighted by Gasteiger charge is 2.11. The molecule has 0 fully saturated rings. The van der Waals surface area contributed by atoms with Gasteiger partial charge in [-0.3, -0.25) is 4.79 Å². The van der Waals surface area contributed by atoms with Crippen molar-refractivity contribution >= 4 is 33.5 Å². The number of thioether (sulfide) groups is 1. The summed E-state index contributed by atoms with van der Waals surface area (Å²) in [5.41, 5.74) is 2.79. The van der Waals surface area contributed by atoms with E-state index in [-0.39, 0.29) is 5.78 Å². The third-order valence-electron chi connectivity index (χ3n) is 3.72. The molecule has 128 valence electrons. The van der Waals surface area contributed by atoms with Gasteiger partial charge >= 0.3 is 0 Å². The van der Waals surface area contributed by atoms with Crippen LogP contribution >= 0.6 is 27.7 Å². The quantitative estimate of drug-likeness (QED) is 0.286.